The molecule has 1 aromatic heterocycles. The lowest BCUT2D eigenvalue weighted by molar-refractivity contribution is -0.137. The smallest absolute Gasteiger partial charge is 0.303 e. The Hall–Kier alpha value is -2.17. The van der Waals surface area contributed by atoms with Gasteiger partial charge in [0.2, 0.25) is 0 Å². The lowest BCUT2D eigenvalue weighted by atomic mass is 10.0. The quantitative estimate of drug-likeness (QED) is 0.905. The largest absolute Gasteiger partial charge is 0.481 e. The van der Waals surface area contributed by atoms with Crippen molar-refractivity contribution in [2.24, 2.45) is 7.05 Å². The lowest BCUT2D eigenvalue weighted by Crippen LogP contribution is -2.03. The number of hydrogen-bond donors (Lipinski definition) is 1. The minimum atomic E-state index is -0.816. The molecule has 20 heavy (non-hydrogen) atoms. The molecule has 0 bridgehead atoms. The maximum atomic E-state index is 10.6. The van der Waals surface area contributed by atoms with E-state index in [0.717, 1.165) is 5.82 Å². The van der Waals surface area contributed by atoms with E-state index in [1.807, 2.05) is 0 Å². The van der Waals surface area contributed by atoms with Crippen LogP contribution in [0.5, 0.6) is 0 Å². The van der Waals surface area contributed by atoms with Gasteiger partial charge in [0.25, 0.3) is 0 Å². The second-order valence-electron chi connectivity index (χ2n) is 5.07. The van der Waals surface area contributed by atoms with Crippen molar-refractivity contribution < 1.29 is 9.90 Å². The Bertz CT molecular complexity index is 632. The molecule has 0 unspecified atom stereocenters. The van der Waals surface area contributed by atoms with Crippen LogP contribution in [0.4, 0.5) is 0 Å². The highest BCUT2D eigenvalue weighted by atomic mass is 16.4. The summed E-state index contributed by atoms with van der Waals surface area (Å²) in [6, 6.07) is 6.32. The Balaban J connectivity index is 2.13. The van der Waals surface area contributed by atoms with E-state index in [1.165, 1.54) is 16.7 Å². The lowest BCUT2D eigenvalue weighted by Gasteiger charge is -2.04. The number of carboxylic acid groups (broad SMARTS) is 1. The first-order valence-corrected chi connectivity index (χ1v) is 6.62. The van der Waals surface area contributed by atoms with E-state index in [0.29, 0.717) is 18.7 Å². The maximum absolute atomic E-state index is 10.6. The van der Waals surface area contributed by atoms with Crippen LogP contribution < -0.4 is 0 Å². The van der Waals surface area contributed by atoms with Crippen LogP contribution in [0.15, 0.2) is 18.2 Å². The molecule has 2 aromatic rings. The van der Waals surface area contributed by atoms with Crippen molar-refractivity contribution in [1.29, 1.82) is 0 Å². The number of aliphatic carboxylic acids is 1. The van der Waals surface area contributed by atoms with E-state index in [9.17, 15) is 4.79 Å². The molecule has 106 valence electrons. The highest BCUT2D eigenvalue weighted by Crippen LogP contribution is 2.14. The molecular weight excluding hydrogens is 254 g/mol. The van der Waals surface area contributed by atoms with E-state index in [2.05, 4.69) is 42.1 Å². The zero-order valence-electron chi connectivity index (χ0n) is 12.1. The summed E-state index contributed by atoms with van der Waals surface area (Å²) in [6.07, 6.45) is 1.16. The van der Waals surface area contributed by atoms with Gasteiger partial charge in [0, 0.05) is 19.9 Å². The van der Waals surface area contributed by atoms with Gasteiger partial charge in [-0.1, -0.05) is 23.8 Å². The summed E-state index contributed by atoms with van der Waals surface area (Å²) in [4.78, 5) is 15.0. The van der Waals surface area contributed by atoms with Crippen molar-refractivity contribution in [1.82, 2.24) is 14.8 Å². The molecule has 0 aliphatic carbocycles. The van der Waals surface area contributed by atoms with Crippen molar-refractivity contribution in [2.75, 3.05) is 0 Å². The van der Waals surface area contributed by atoms with Crippen LogP contribution in [0.25, 0.3) is 0 Å². The second kappa shape index (κ2) is 5.86. The van der Waals surface area contributed by atoms with E-state index in [-0.39, 0.29) is 6.42 Å². The van der Waals surface area contributed by atoms with Gasteiger partial charge >= 0.3 is 5.97 Å². The van der Waals surface area contributed by atoms with Gasteiger partial charge in [-0.25, -0.2) is 4.98 Å². The van der Waals surface area contributed by atoms with Gasteiger partial charge in [-0.15, -0.1) is 0 Å². The van der Waals surface area contributed by atoms with Crippen LogP contribution >= 0.6 is 0 Å². The Morgan fingerprint density at radius 2 is 2.10 bits per heavy atom. The van der Waals surface area contributed by atoms with E-state index < -0.39 is 5.97 Å². The molecule has 5 heteroatoms. The SMILES string of the molecule is Cc1ccc(Cc2nc(CCC(=O)O)n(C)n2)c(C)c1. The molecule has 1 aromatic carbocycles. The van der Waals surface area contributed by atoms with Gasteiger partial charge in [-0.2, -0.15) is 5.10 Å². The first kappa shape index (κ1) is 14.2. The van der Waals surface area contributed by atoms with Crippen LogP contribution in [0.3, 0.4) is 0 Å². The van der Waals surface area contributed by atoms with Gasteiger partial charge in [0.1, 0.15) is 5.82 Å². The molecule has 1 N–H and O–H groups in total. The minimum absolute atomic E-state index is 0.0789. The molecule has 0 saturated heterocycles. The molecule has 0 aliphatic heterocycles. The molecule has 2 rings (SSSR count). The Morgan fingerprint density at radius 3 is 2.75 bits per heavy atom. The Morgan fingerprint density at radius 1 is 1.35 bits per heavy atom. The third-order valence-corrected chi connectivity index (χ3v) is 3.31. The number of carboxylic acids is 1. The summed E-state index contributed by atoms with van der Waals surface area (Å²) in [5.41, 5.74) is 3.66. The maximum Gasteiger partial charge on any atom is 0.303 e. The standard InChI is InChI=1S/C15H19N3O2/c1-10-4-5-12(11(2)8-10)9-13-16-14(18(3)17-13)6-7-15(19)20/h4-5,8H,6-7,9H2,1-3H3,(H,19,20). The third-order valence-electron chi connectivity index (χ3n) is 3.31. The molecule has 5 nitrogen and oxygen atoms in total. The third kappa shape index (κ3) is 3.44. The first-order valence-electron chi connectivity index (χ1n) is 6.62. The van der Waals surface area contributed by atoms with Gasteiger partial charge in [0.05, 0.1) is 6.42 Å². The van der Waals surface area contributed by atoms with Crippen LogP contribution in [0, 0.1) is 13.8 Å². The minimum Gasteiger partial charge on any atom is -0.481 e. The zero-order chi connectivity index (χ0) is 14.7. The number of rotatable bonds is 5. The van der Waals surface area contributed by atoms with E-state index in [4.69, 9.17) is 5.11 Å². The van der Waals surface area contributed by atoms with Crippen molar-refractivity contribution in [2.45, 2.75) is 33.1 Å². The first-order chi connectivity index (χ1) is 9.45. The summed E-state index contributed by atoms with van der Waals surface area (Å²) >= 11 is 0. The van der Waals surface area contributed by atoms with E-state index >= 15 is 0 Å². The summed E-state index contributed by atoms with van der Waals surface area (Å²) in [5, 5.41) is 13.1. The zero-order valence-corrected chi connectivity index (χ0v) is 12.1. The number of aryl methyl sites for hydroxylation is 4. The van der Waals surface area contributed by atoms with Crippen LogP contribution in [-0.4, -0.2) is 25.8 Å². The number of nitrogens with zero attached hydrogens (tertiary/aromatic N) is 3. The molecule has 0 amide bonds. The van der Waals surface area contributed by atoms with Gasteiger partial charge in [-0.05, 0) is 25.0 Å². The number of hydrogen-bond acceptors (Lipinski definition) is 3. The normalized spacial score (nSPS) is 10.8. The predicted octanol–water partition coefficient (Wildman–Crippen LogP) is 2.04. The van der Waals surface area contributed by atoms with Crippen molar-refractivity contribution in [3.63, 3.8) is 0 Å². The fraction of sp³-hybridized carbons (Fsp3) is 0.400. The Kier molecular flexibility index (Phi) is 4.17. The Labute approximate surface area is 118 Å². The average molecular weight is 273 g/mol. The molecule has 0 fully saturated rings. The van der Waals surface area contributed by atoms with Gasteiger partial charge < -0.3 is 5.11 Å². The summed E-state index contributed by atoms with van der Waals surface area (Å²) in [7, 11) is 1.80. The van der Waals surface area contributed by atoms with Crippen LogP contribution in [0.2, 0.25) is 0 Å². The average Bonchev–Trinajstić information content (AvgIpc) is 2.71. The topological polar surface area (TPSA) is 68.0 Å². The molecular formula is C15H19N3O2. The number of carbonyl (C=O) groups is 1. The molecule has 0 atom stereocenters. The van der Waals surface area contributed by atoms with Crippen LogP contribution in [-0.2, 0) is 24.7 Å². The fourth-order valence-electron chi connectivity index (χ4n) is 2.20. The van der Waals surface area contributed by atoms with Crippen molar-refractivity contribution >= 4 is 5.97 Å². The molecule has 0 radical (unpaired) electrons. The highest BCUT2D eigenvalue weighted by Gasteiger charge is 2.10. The van der Waals surface area contributed by atoms with Gasteiger partial charge in [0.15, 0.2) is 5.82 Å². The monoisotopic (exact) mass is 273 g/mol. The molecule has 0 aliphatic rings. The second-order valence-corrected chi connectivity index (χ2v) is 5.07. The van der Waals surface area contributed by atoms with Crippen molar-refractivity contribution in [3.8, 4) is 0 Å². The summed E-state index contributed by atoms with van der Waals surface area (Å²) in [5.74, 6) is 0.635. The molecule has 1 heterocycles. The van der Waals surface area contributed by atoms with Crippen LogP contribution in [0.1, 0.15) is 34.8 Å². The van der Waals surface area contributed by atoms with E-state index in [1.54, 1.807) is 11.7 Å². The predicted molar refractivity (Wildman–Crippen MR) is 75.7 cm³/mol. The molecule has 0 saturated carbocycles. The summed E-state index contributed by atoms with van der Waals surface area (Å²) < 4.78 is 1.67. The highest BCUT2D eigenvalue weighted by molar-refractivity contribution is 5.66. The number of aromatic nitrogens is 3. The fourth-order valence-corrected chi connectivity index (χ4v) is 2.20. The van der Waals surface area contributed by atoms with Gasteiger partial charge in [-0.3, -0.25) is 9.48 Å². The number of benzene rings is 1. The summed E-state index contributed by atoms with van der Waals surface area (Å²) in [6.45, 7) is 4.15. The van der Waals surface area contributed by atoms with Crippen molar-refractivity contribution in [3.05, 3.63) is 46.5 Å². The molecule has 0 spiro atoms.